The molecule has 21 heavy (non-hydrogen) atoms. The number of benzene rings is 1. The standard InChI is InChI=1S/C17H22N2OS/c1-12(2)14-9-6-10-19(14)17-18-16(15(11-20)21-17)13-7-4-3-5-8-13/h3-5,7-8,12,14,20H,6,9-11H2,1-2H3. The Hall–Kier alpha value is -1.39. The molecular weight excluding hydrogens is 280 g/mol. The fraction of sp³-hybridized carbons (Fsp3) is 0.471. The van der Waals surface area contributed by atoms with Crippen LogP contribution in [0.2, 0.25) is 0 Å². The molecule has 0 aliphatic carbocycles. The van der Waals surface area contributed by atoms with E-state index in [1.165, 1.54) is 12.8 Å². The van der Waals surface area contributed by atoms with E-state index in [1.807, 2.05) is 18.2 Å². The topological polar surface area (TPSA) is 36.4 Å². The second kappa shape index (κ2) is 6.16. The van der Waals surface area contributed by atoms with Gasteiger partial charge in [0, 0.05) is 18.2 Å². The van der Waals surface area contributed by atoms with Crippen LogP contribution in [0.1, 0.15) is 31.6 Å². The van der Waals surface area contributed by atoms with Crippen LogP contribution in [0.15, 0.2) is 30.3 Å². The molecule has 0 saturated carbocycles. The predicted octanol–water partition coefficient (Wildman–Crippen LogP) is 3.93. The van der Waals surface area contributed by atoms with Crippen molar-refractivity contribution in [2.45, 2.75) is 39.3 Å². The van der Waals surface area contributed by atoms with Crippen LogP contribution >= 0.6 is 11.3 Å². The molecule has 3 nitrogen and oxygen atoms in total. The Kier molecular flexibility index (Phi) is 4.27. The summed E-state index contributed by atoms with van der Waals surface area (Å²) >= 11 is 1.64. The highest BCUT2D eigenvalue weighted by atomic mass is 32.1. The molecule has 1 aromatic heterocycles. The van der Waals surface area contributed by atoms with Gasteiger partial charge in [0.15, 0.2) is 5.13 Å². The molecule has 0 amide bonds. The number of hydrogen-bond acceptors (Lipinski definition) is 4. The van der Waals surface area contributed by atoms with Gasteiger partial charge >= 0.3 is 0 Å². The van der Waals surface area contributed by atoms with Gasteiger partial charge in [-0.3, -0.25) is 0 Å². The number of aliphatic hydroxyl groups is 1. The highest BCUT2D eigenvalue weighted by molar-refractivity contribution is 7.16. The minimum absolute atomic E-state index is 0.0576. The first-order valence-electron chi connectivity index (χ1n) is 7.63. The number of hydrogen-bond donors (Lipinski definition) is 1. The van der Waals surface area contributed by atoms with E-state index in [0.29, 0.717) is 12.0 Å². The van der Waals surface area contributed by atoms with E-state index < -0.39 is 0 Å². The number of aromatic nitrogens is 1. The molecule has 2 aromatic rings. The zero-order valence-corrected chi connectivity index (χ0v) is 13.4. The molecule has 1 aliphatic heterocycles. The first kappa shape index (κ1) is 14.5. The second-order valence-electron chi connectivity index (χ2n) is 5.94. The van der Waals surface area contributed by atoms with Gasteiger partial charge in [0.1, 0.15) is 0 Å². The smallest absolute Gasteiger partial charge is 0.186 e. The van der Waals surface area contributed by atoms with Gasteiger partial charge in [-0.2, -0.15) is 0 Å². The lowest BCUT2D eigenvalue weighted by Gasteiger charge is -2.27. The zero-order valence-electron chi connectivity index (χ0n) is 12.6. The van der Waals surface area contributed by atoms with Crippen molar-refractivity contribution in [3.05, 3.63) is 35.2 Å². The molecule has 2 heterocycles. The Bertz CT molecular complexity index is 594. The first-order valence-corrected chi connectivity index (χ1v) is 8.45. The van der Waals surface area contributed by atoms with Crippen LogP contribution in [0.25, 0.3) is 11.3 Å². The van der Waals surface area contributed by atoms with Crippen LogP contribution in [-0.4, -0.2) is 22.7 Å². The summed E-state index contributed by atoms with van der Waals surface area (Å²) in [5.41, 5.74) is 2.02. The van der Waals surface area contributed by atoms with Gasteiger partial charge in [-0.15, -0.1) is 0 Å². The average Bonchev–Trinajstić information content (AvgIpc) is 3.14. The van der Waals surface area contributed by atoms with E-state index in [-0.39, 0.29) is 6.61 Å². The Morgan fingerprint density at radius 2 is 2.10 bits per heavy atom. The third-order valence-electron chi connectivity index (χ3n) is 4.19. The normalized spacial score (nSPS) is 18.7. The van der Waals surface area contributed by atoms with Gasteiger partial charge in [0.25, 0.3) is 0 Å². The number of rotatable bonds is 4. The summed E-state index contributed by atoms with van der Waals surface area (Å²) in [6, 6.07) is 10.7. The van der Waals surface area contributed by atoms with Gasteiger partial charge in [-0.05, 0) is 18.8 Å². The molecule has 3 rings (SSSR count). The van der Waals surface area contributed by atoms with Crippen LogP contribution in [0.3, 0.4) is 0 Å². The van der Waals surface area contributed by atoms with Crippen molar-refractivity contribution in [3.63, 3.8) is 0 Å². The molecule has 1 N–H and O–H groups in total. The molecule has 112 valence electrons. The summed E-state index contributed by atoms with van der Waals surface area (Å²) in [6.45, 7) is 5.70. The van der Waals surface area contributed by atoms with Crippen LogP contribution in [0.5, 0.6) is 0 Å². The Labute approximate surface area is 130 Å². The summed E-state index contributed by atoms with van der Waals surface area (Å²) in [4.78, 5) is 8.25. The molecule has 0 bridgehead atoms. The molecule has 1 atom stereocenters. The molecule has 1 unspecified atom stereocenters. The summed E-state index contributed by atoms with van der Waals surface area (Å²) in [6.07, 6.45) is 2.48. The monoisotopic (exact) mass is 302 g/mol. The quantitative estimate of drug-likeness (QED) is 0.929. The van der Waals surface area contributed by atoms with E-state index in [1.54, 1.807) is 11.3 Å². The first-order chi connectivity index (χ1) is 10.2. The summed E-state index contributed by atoms with van der Waals surface area (Å²) in [7, 11) is 0. The maximum Gasteiger partial charge on any atom is 0.186 e. The van der Waals surface area contributed by atoms with Gasteiger partial charge in [0.05, 0.1) is 17.2 Å². The van der Waals surface area contributed by atoms with Crippen LogP contribution in [0, 0.1) is 5.92 Å². The van der Waals surface area contributed by atoms with Crippen LogP contribution < -0.4 is 4.90 Å². The number of thiazole rings is 1. The van der Waals surface area contributed by atoms with E-state index in [9.17, 15) is 5.11 Å². The van der Waals surface area contributed by atoms with Gasteiger partial charge in [0.2, 0.25) is 0 Å². The minimum Gasteiger partial charge on any atom is -0.391 e. The third-order valence-corrected chi connectivity index (χ3v) is 5.27. The Morgan fingerprint density at radius 3 is 2.76 bits per heavy atom. The summed E-state index contributed by atoms with van der Waals surface area (Å²) in [5.74, 6) is 0.633. The Balaban J connectivity index is 1.96. The summed E-state index contributed by atoms with van der Waals surface area (Å²) < 4.78 is 0. The molecule has 1 saturated heterocycles. The van der Waals surface area contributed by atoms with Crippen molar-refractivity contribution in [1.29, 1.82) is 0 Å². The molecule has 0 spiro atoms. The number of nitrogens with zero attached hydrogens (tertiary/aromatic N) is 2. The maximum atomic E-state index is 9.66. The molecule has 1 aliphatic rings. The average molecular weight is 302 g/mol. The molecule has 1 aromatic carbocycles. The van der Waals surface area contributed by atoms with Crippen molar-refractivity contribution in [1.82, 2.24) is 4.98 Å². The fourth-order valence-electron chi connectivity index (χ4n) is 3.11. The third kappa shape index (κ3) is 2.83. The minimum atomic E-state index is 0.0576. The van der Waals surface area contributed by atoms with Crippen molar-refractivity contribution in [2.24, 2.45) is 5.92 Å². The van der Waals surface area contributed by atoms with Crippen molar-refractivity contribution in [2.75, 3.05) is 11.4 Å². The van der Waals surface area contributed by atoms with Crippen LogP contribution in [-0.2, 0) is 6.61 Å². The van der Waals surface area contributed by atoms with Crippen LogP contribution in [0.4, 0.5) is 5.13 Å². The van der Waals surface area contributed by atoms with E-state index in [4.69, 9.17) is 4.98 Å². The van der Waals surface area contributed by atoms with E-state index in [0.717, 1.165) is 27.8 Å². The highest BCUT2D eigenvalue weighted by Crippen LogP contribution is 2.37. The summed E-state index contributed by atoms with van der Waals surface area (Å²) in [5, 5.41) is 10.7. The van der Waals surface area contributed by atoms with Gasteiger partial charge < -0.3 is 10.0 Å². The van der Waals surface area contributed by atoms with Gasteiger partial charge in [-0.25, -0.2) is 4.98 Å². The largest absolute Gasteiger partial charge is 0.391 e. The van der Waals surface area contributed by atoms with Gasteiger partial charge in [-0.1, -0.05) is 55.5 Å². The zero-order chi connectivity index (χ0) is 14.8. The van der Waals surface area contributed by atoms with Crippen molar-refractivity contribution in [3.8, 4) is 11.3 Å². The van der Waals surface area contributed by atoms with E-state index >= 15 is 0 Å². The molecule has 1 fully saturated rings. The lowest BCUT2D eigenvalue weighted by molar-refractivity contribution is 0.286. The highest BCUT2D eigenvalue weighted by Gasteiger charge is 2.30. The second-order valence-corrected chi connectivity index (χ2v) is 7.00. The predicted molar refractivity (Wildman–Crippen MR) is 88.7 cm³/mol. The molecule has 4 heteroatoms. The van der Waals surface area contributed by atoms with E-state index in [2.05, 4.69) is 30.9 Å². The maximum absolute atomic E-state index is 9.66. The van der Waals surface area contributed by atoms with Crippen molar-refractivity contribution >= 4 is 16.5 Å². The Morgan fingerprint density at radius 1 is 1.33 bits per heavy atom. The molecule has 0 radical (unpaired) electrons. The molecular formula is C17H22N2OS. The lowest BCUT2D eigenvalue weighted by atomic mass is 10.0. The van der Waals surface area contributed by atoms with Crippen molar-refractivity contribution < 1.29 is 5.11 Å². The number of aliphatic hydroxyl groups excluding tert-OH is 1. The fourth-order valence-corrected chi connectivity index (χ4v) is 4.14. The lowest BCUT2D eigenvalue weighted by Crippen LogP contribution is -2.33. The SMILES string of the molecule is CC(C)C1CCCN1c1nc(-c2ccccc2)c(CO)s1. The number of anilines is 1.